The molecule has 3 rings (SSSR count). The minimum Gasteiger partial charge on any atom is -0.497 e. The summed E-state index contributed by atoms with van der Waals surface area (Å²) in [4.78, 5) is 21.8. The smallest absolute Gasteiger partial charge is 0.224 e. The largest absolute Gasteiger partial charge is 0.497 e. The van der Waals surface area contributed by atoms with Crippen LogP contribution in [-0.4, -0.2) is 37.4 Å². The molecule has 1 aliphatic carbocycles. The van der Waals surface area contributed by atoms with Gasteiger partial charge >= 0.3 is 0 Å². The molecule has 0 saturated heterocycles. The van der Waals surface area contributed by atoms with Crippen molar-refractivity contribution in [2.75, 3.05) is 12.4 Å². The highest BCUT2D eigenvalue weighted by molar-refractivity contribution is 6.74. The van der Waals surface area contributed by atoms with E-state index in [9.17, 15) is 9.18 Å². The van der Waals surface area contributed by atoms with Crippen molar-refractivity contribution in [1.29, 1.82) is 0 Å². The first kappa shape index (κ1) is 30.5. The highest BCUT2D eigenvalue weighted by Gasteiger charge is 2.40. The molecular formula is C29H43ClFN3O3Si. The lowest BCUT2D eigenvalue weighted by Gasteiger charge is -2.42. The van der Waals surface area contributed by atoms with Gasteiger partial charge in [-0.1, -0.05) is 27.7 Å². The van der Waals surface area contributed by atoms with Crippen LogP contribution < -0.4 is 10.1 Å². The zero-order chi connectivity index (χ0) is 28.1. The molecule has 38 heavy (non-hydrogen) atoms. The van der Waals surface area contributed by atoms with Crippen LogP contribution in [0, 0.1) is 17.7 Å². The molecule has 0 radical (unpaired) electrons. The first-order chi connectivity index (χ1) is 17.8. The molecule has 9 heteroatoms. The number of aromatic nitrogens is 2. The number of hydrogen-bond acceptors (Lipinski definition) is 5. The zero-order valence-electron chi connectivity index (χ0n) is 23.9. The Bertz CT molecular complexity index is 1100. The zero-order valence-corrected chi connectivity index (χ0v) is 25.6. The number of methoxy groups -OCH3 is 1. The number of amides is 1. The molecule has 2 aromatic rings. The second kappa shape index (κ2) is 12.9. The summed E-state index contributed by atoms with van der Waals surface area (Å²) in [6.45, 7) is 13.5. The fourth-order valence-corrected chi connectivity index (χ4v) is 6.55. The van der Waals surface area contributed by atoms with Crippen molar-refractivity contribution < 1.29 is 18.3 Å². The van der Waals surface area contributed by atoms with E-state index < -0.39 is 14.1 Å². The van der Waals surface area contributed by atoms with Gasteiger partial charge in [-0.25, -0.2) is 14.4 Å². The van der Waals surface area contributed by atoms with Gasteiger partial charge in [0.15, 0.2) is 8.32 Å². The maximum Gasteiger partial charge on any atom is 0.224 e. The van der Waals surface area contributed by atoms with Gasteiger partial charge in [-0.05, 0) is 97.8 Å². The number of ether oxygens (including phenoxy) is 1. The number of nitrogens with zero attached hydrogens (tertiary/aromatic N) is 2. The molecule has 1 amide bonds. The van der Waals surface area contributed by atoms with Gasteiger partial charge in [0.1, 0.15) is 11.6 Å². The maximum absolute atomic E-state index is 14.5. The van der Waals surface area contributed by atoms with Crippen molar-refractivity contribution in [3.8, 4) is 5.75 Å². The van der Waals surface area contributed by atoms with Gasteiger partial charge in [0.2, 0.25) is 11.2 Å². The molecule has 1 unspecified atom stereocenters. The van der Waals surface area contributed by atoms with Crippen LogP contribution in [0.1, 0.15) is 71.1 Å². The molecule has 1 N–H and O–H groups in total. The Kier molecular flexibility index (Phi) is 10.3. The van der Waals surface area contributed by atoms with E-state index in [2.05, 4.69) is 56.1 Å². The van der Waals surface area contributed by atoms with Crippen LogP contribution in [0.15, 0.2) is 24.4 Å². The van der Waals surface area contributed by atoms with Crippen LogP contribution in [-0.2, 0) is 22.1 Å². The third-order valence-electron chi connectivity index (χ3n) is 8.31. The van der Waals surface area contributed by atoms with Crippen molar-refractivity contribution in [2.45, 2.75) is 96.9 Å². The normalized spacial score (nSPS) is 19.2. The number of benzene rings is 1. The lowest BCUT2D eigenvalue weighted by molar-refractivity contribution is -0.117. The SMILES string of the molecule is CCc1cnc(Cl)nc1CC(CC(=O)Nc1ccc(OC)cc1F)C1CCC(O[Si](C)(C)C(C)(C)C)CC1. The number of anilines is 1. The van der Waals surface area contributed by atoms with E-state index in [0.29, 0.717) is 18.1 Å². The molecule has 1 atom stereocenters. The molecule has 0 bridgehead atoms. The van der Waals surface area contributed by atoms with Crippen LogP contribution in [0.3, 0.4) is 0 Å². The summed E-state index contributed by atoms with van der Waals surface area (Å²) in [5.41, 5.74) is 2.08. The molecular weight excluding hydrogens is 521 g/mol. The van der Waals surface area contributed by atoms with E-state index in [-0.39, 0.29) is 40.4 Å². The van der Waals surface area contributed by atoms with E-state index in [1.165, 1.54) is 19.2 Å². The van der Waals surface area contributed by atoms with Gasteiger partial charge in [0, 0.05) is 30.5 Å². The highest BCUT2D eigenvalue weighted by Crippen LogP contribution is 2.41. The Labute approximate surface area is 233 Å². The molecule has 0 aliphatic heterocycles. The Morgan fingerprint density at radius 2 is 1.92 bits per heavy atom. The molecule has 1 aromatic heterocycles. The van der Waals surface area contributed by atoms with Gasteiger partial charge in [-0.15, -0.1) is 0 Å². The van der Waals surface area contributed by atoms with Gasteiger partial charge in [0.25, 0.3) is 0 Å². The minimum absolute atomic E-state index is 0.0430. The quantitative estimate of drug-likeness (QED) is 0.238. The second-order valence-corrected chi connectivity index (χ2v) is 17.0. The summed E-state index contributed by atoms with van der Waals surface area (Å²) in [5, 5.41) is 3.15. The maximum atomic E-state index is 14.5. The van der Waals surface area contributed by atoms with Gasteiger partial charge in [0.05, 0.1) is 12.8 Å². The number of aryl methyl sites for hydroxylation is 1. The summed E-state index contributed by atoms with van der Waals surface area (Å²) in [6, 6.07) is 4.44. The van der Waals surface area contributed by atoms with Crippen molar-refractivity contribution >= 4 is 31.5 Å². The first-order valence-electron chi connectivity index (χ1n) is 13.6. The van der Waals surface area contributed by atoms with Gasteiger partial charge in [-0.3, -0.25) is 4.79 Å². The van der Waals surface area contributed by atoms with Crippen LogP contribution in [0.25, 0.3) is 0 Å². The number of rotatable bonds is 10. The van der Waals surface area contributed by atoms with Gasteiger partial charge < -0.3 is 14.5 Å². The van der Waals surface area contributed by atoms with Crippen LogP contribution >= 0.6 is 11.6 Å². The monoisotopic (exact) mass is 563 g/mol. The summed E-state index contributed by atoms with van der Waals surface area (Å²) in [6.07, 6.45) is 7.64. The Balaban J connectivity index is 1.75. The molecule has 1 saturated carbocycles. The average Bonchev–Trinajstić information content (AvgIpc) is 2.84. The van der Waals surface area contributed by atoms with Crippen molar-refractivity contribution in [2.24, 2.45) is 11.8 Å². The van der Waals surface area contributed by atoms with E-state index in [1.54, 1.807) is 12.3 Å². The predicted octanol–water partition coefficient (Wildman–Crippen LogP) is 7.61. The molecule has 6 nitrogen and oxygen atoms in total. The average molecular weight is 564 g/mol. The Hall–Kier alpha value is -2.03. The van der Waals surface area contributed by atoms with Crippen LogP contribution in [0.4, 0.5) is 10.1 Å². The minimum atomic E-state index is -1.84. The van der Waals surface area contributed by atoms with Gasteiger partial charge in [-0.2, -0.15) is 0 Å². The molecule has 210 valence electrons. The van der Waals surface area contributed by atoms with Crippen LogP contribution in [0.5, 0.6) is 5.75 Å². The van der Waals surface area contributed by atoms with E-state index in [0.717, 1.165) is 43.4 Å². The summed E-state index contributed by atoms with van der Waals surface area (Å²) in [5.74, 6) is 0.0497. The second-order valence-electron chi connectivity index (χ2n) is 11.9. The fourth-order valence-electron chi connectivity index (χ4n) is 4.98. The van der Waals surface area contributed by atoms with E-state index in [1.807, 2.05) is 0 Å². The summed E-state index contributed by atoms with van der Waals surface area (Å²) in [7, 11) is -0.363. The molecule has 0 spiro atoms. The van der Waals surface area contributed by atoms with Crippen molar-refractivity contribution in [1.82, 2.24) is 9.97 Å². The third kappa shape index (κ3) is 7.99. The first-order valence-corrected chi connectivity index (χ1v) is 16.9. The summed E-state index contributed by atoms with van der Waals surface area (Å²) >= 11 is 6.15. The van der Waals surface area contributed by atoms with Crippen LogP contribution in [0.2, 0.25) is 23.4 Å². The highest BCUT2D eigenvalue weighted by atomic mass is 35.5. The van der Waals surface area contributed by atoms with E-state index in [4.69, 9.17) is 20.8 Å². The molecule has 1 fully saturated rings. The molecule has 1 aliphatic rings. The predicted molar refractivity (Wildman–Crippen MR) is 154 cm³/mol. The number of carbonyl (C=O) groups excluding carboxylic acids is 1. The van der Waals surface area contributed by atoms with E-state index >= 15 is 0 Å². The Morgan fingerprint density at radius 1 is 1.24 bits per heavy atom. The standard InChI is InChI=1S/C29H43ClFN3O3Si/c1-8-19-18-32-28(30)34-26(19)15-21(16-27(35)33-25-14-13-23(36-5)17-24(25)31)20-9-11-22(12-10-20)37-38(6,7)29(2,3)4/h13-14,17-18,20-22H,8-12,15-16H2,1-7H3,(H,33,35). The lowest BCUT2D eigenvalue weighted by Crippen LogP contribution is -2.45. The van der Waals surface area contributed by atoms with Crippen molar-refractivity contribution in [3.63, 3.8) is 0 Å². The number of nitrogens with one attached hydrogen (secondary N) is 1. The summed E-state index contributed by atoms with van der Waals surface area (Å²) < 4.78 is 26.3. The number of carbonyl (C=O) groups is 1. The third-order valence-corrected chi connectivity index (χ3v) is 13.0. The molecule has 1 heterocycles. The lowest BCUT2D eigenvalue weighted by atomic mass is 9.75. The fraction of sp³-hybridized carbons (Fsp3) is 0.621. The van der Waals surface area contributed by atoms with Crippen molar-refractivity contribution in [3.05, 3.63) is 46.8 Å². The Morgan fingerprint density at radius 3 is 2.50 bits per heavy atom. The topological polar surface area (TPSA) is 73.3 Å². The number of halogens is 2. The number of hydrogen-bond donors (Lipinski definition) is 1. The molecule has 1 aromatic carbocycles.